The molecule has 1 aromatic carbocycles. The Morgan fingerprint density at radius 1 is 1.39 bits per heavy atom. The molecule has 0 fully saturated rings. The summed E-state index contributed by atoms with van der Waals surface area (Å²) in [6.45, 7) is -0.134. The molecule has 10 heteroatoms. The zero-order chi connectivity index (χ0) is 17.2. The van der Waals surface area contributed by atoms with Crippen molar-refractivity contribution in [2.24, 2.45) is 5.73 Å². The van der Waals surface area contributed by atoms with Gasteiger partial charge in [-0.3, -0.25) is 19.7 Å². The third kappa shape index (κ3) is 7.58. The molecule has 0 aliphatic rings. The van der Waals surface area contributed by atoms with Crippen LogP contribution in [-0.2, 0) is 14.3 Å². The van der Waals surface area contributed by atoms with Crippen molar-refractivity contribution in [3.05, 3.63) is 34.4 Å². The van der Waals surface area contributed by atoms with Crippen molar-refractivity contribution >= 4 is 29.4 Å². The topological polar surface area (TPSA) is 145 Å². The van der Waals surface area contributed by atoms with E-state index in [2.05, 4.69) is 5.32 Å². The monoisotopic (exact) mass is 343 g/mol. The number of carbonyl (C=O) groups is 2. The van der Waals surface area contributed by atoms with E-state index >= 15 is 0 Å². The number of nitrogens with zero attached hydrogens (tertiary/aromatic N) is 1. The molecule has 0 aliphatic carbocycles. The average Bonchev–Trinajstić information content (AvgIpc) is 2.51. The Hall–Kier alpha value is -2.17. The molecule has 1 unspecified atom stereocenters. The molecule has 0 amide bonds. The number of carbonyl (C=O) groups excluding carboxylic acids is 1. The molecule has 1 rings (SSSR count). The number of nitro benzene ring substituents is 1. The Kier molecular flexibility index (Phi) is 8.02. The van der Waals surface area contributed by atoms with Crippen LogP contribution < -0.4 is 11.1 Å². The van der Waals surface area contributed by atoms with E-state index in [1.807, 2.05) is 0 Å². The molecule has 9 nitrogen and oxygen atoms in total. The van der Waals surface area contributed by atoms with Gasteiger partial charge in [-0.2, -0.15) is 0 Å². The van der Waals surface area contributed by atoms with Crippen LogP contribution in [0.2, 0.25) is 0 Å². The van der Waals surface area contributed by atoms with Gasteiger partial charge in [-0.25, -0.2) is 0 Å². The highest BCUT2D eigenvalue weighted by molar-refractivity contribution is 7.99. The van der Waals surface area contributed by atoms with Gasteiger partial charge in [0.2, 0.25) is 0 Å². The number of benzene rings is 1. The second kappa shape index (κ2) is 9.77. The maximum absolute atomic E-state index is 11.5. The molecule has 0 bridgehead atoms. The summed E-state index contributed by atoms with van der Waals surface area (Å²) < 4.78 is 4.96. The summed E-state index contributed by atoms with van der Waals surface area (Å²) in [5.74, 6) is -1.18. The first-order valence-corrected chi connectivity index (χ1v) is 7.60. The zero-order valence-electron chi connectivity index (χ0n) is 12.1. The summed E-state index contributed by atoms with van der Waals surface area (Å²) in [6.07, 6.45) is 0. The van der Waals surface area contributed by atoms with Crippen molar-refractivity contribution in [3.8, 4) is 0 Å². The lowest BCUT2D eigenvalue weighted by Gasteiger charge is -2.11. The van der Waals surface area contributed by atoms with Gasteiger partial charge in [0.05, 0.1) is 11.5 Å². The fourth-order valence-electron chi connectivity index (χ4n) is 1.49. The molecular weight excluding hydrogens is 326 g/mol. The van der Waals surface area contributed by atoms with E-state index in [0.717, 1.165) is 4.90 Å². The first kappa shape index (κ1) is 18.9. The van der Waals surface area contributed by atoms with Crippen molar-refractivity contribution < 1.29 is 24.4 Å². The highest BCUT2D eigenvalue weighted by Gasteiger charge is 2.14. The predicted octanol–water partition coefficient (Wildman–Crippen LogP) is 0.232. The maximum atomic E-state index is 11.5. The van der Waals surface area contributed by atoms with Crippen molar-refractivity contribution in [1.29, 1.82) is 0 Å². The lowest BCUT2D eigenvalue weighted by atomic mass is 10.3. The molecule has 126 valence electrons. The van der Waals surface area contributed by atoms with Gasteiger partial charge in [0, 0.05) is 29.3 Å². The van der Waals surface area contributed by atoms with Gasteiger partial charge >= 0.3 is 11.9 Å². The van der Waals surface area contributed by atoms with Crippen molar-refractivity contribution in [2.75, 3.05) is 25.4 Å². The third-order valence-electron chi connectivity index (χ3n) is 2.59. The van der Waals surface area contributed by atoms with Crippen LogP contribution in [0, 0.1) is 10.1 Å². The smallest absolute Gasteiger partial charge is 0.324 e. The fourth-order valence-corrected chi connectivity index (χ4v) is 2.22. The first-order valence-electron chi connectivity index (χ1n) is 6.62. The standard InChI is InChI=1S/C13H17N3O6S/c14-11(7-15-8-12(17)18)13(19)22-5-6-23-10-3-1-9(2-4-10)16(20)21/h1-4,11,15H,5-8,14H2,(H,17,18). The molecule has 0 aliphatic heterocycles. The third-order valence-corrected chi connectivity index (χ3v) is 3.56. The number of nitrogens with two attached hydrogens (primary N) is 1. The highest BCUT2D eigenvalue weighted by atomic mass is 32.2. The Morgan fingerprint density at radius 2 is 2.04 bits per heavy atom. The molecule has 0 heterocycles. The van der Waals surface area contributed by atoms with Crippen molar-refractivity contribution in [3.63, 3.8) is 0 Å². The molecule has 0 aromatic heterocycles. The number of hydrogen-bond acceptors (Lipinski definition) is 8. The van der Waals surface area contributed by atoms with Gasteiger partial charge < -0.3 is 20.9 Å². The molecule has 0 radical (unpaired) electrons. The van der Waals surface area contributed by atoms with Gasteiger partial charge in [0.15, 0.2) is 0 Å². The number of nitrogens with one attached hydrogen (secondary N) is 1. The highest BCUT2D eigenvalue weighted by Crippen LogP contribution is 2.21. The number of rotatable bonds is 10. The fraction of sp³-hybridized carbons (Fsp3) is 0.385. The minimum atomic E-state index is -1.04. The van der Waals surface area contributed by atoms with Crippen molar-refractivity contribution in [2.45, 2.75) is 10.9 Å². The van der Waals surface area contributed by atoms with Gasteiger partial charge in [0.1, 0.15) is 12.6 Å². The van der Waals surface area contributed by atoms with Crippen LogP contribution in [0.1, 0.15) is 0 Å². The Labute approximate surface area is 136 Å². The summed E-state index contributed by atoms with van der Waals surface area (Å²) in [5.41, 5.74) is 5.56. The SMILES string of the molecule is NC(CNCC(=O)O)C(=O)OCCSc1ccc([N+](=O)[O-])cc1. The number of carboxylic acid groups (broad SMARTS) is 1. The summed E-state index contributed by atoms with van der Waals surface area (Å²) in [4.78, 5) is 32.7. The Balaban J connectivity index is 2.21. The van der Waals surface area contributed by atoms with Gasteiger partial charge in [-0.05, 0) is 12.1 Å². The lowest BCUT2D eigenvalue weighted by Crippen LogP contribution is -2.43. The van der Waals surface area contributed by atoms with E-state index in [0.29, 0.717) is 5.75 Å². The number of esters is 1. The first-order chi connectivity index (χ1) is 10.9. The molecule has 0 saturated heterocycles. The second-order valence-electron chi connectivity index (χ2n) is 4.40. The molecular formula is C13H17N3O6S. The van der Waals surface area contributed by atoms with Crippen LogP contribution in [0.4, 0.5) is 5.69 Å². The molecule has 0 saturated carbocycles. The molecule has 23 heavy (non-hydrogen) atoms. The number of aliphatic carboxylic acids is 1. The van der Waals surface area contributed by atoms with Crippen LogP contribution >= 0.6 is 11.8 Å². The Morgan fingerprint density at radius 3 is 2.61 bits per heavy atom. The average molecular weight is 343 g/mol. The van der Waals surface area contributed by atoms with E-state index in [4.69, 9.17) is 15.6 Å². The number of ether oxygens (including phenoxy) is 1. The minimum Gasteiger partial charge on any atom is -0.480 e. The maximum Gasteiger partial charge on any atom is 0.324 e. The van der Waals surface area contributed by atoms with Crippen LogP contribution in [-0.4, -0.2) is 53.5 Å². The van der Waals surface area contributed by atoms with E-state index in [1.54, 1.807) is 12.1 Å². The number of hydrogen-bond donors (Lipinski definition) is 3. The van der Waals surface area contributed by atoms with Gasteiger partial charge in [-0.15, -0.1) is 11.8 Å². The lowest BCUT2D eigenvalue weighted by molar-refractivity contribution is -0.384. The number of carboxylic acids is 1. The Bertz CT molecular complexity index is 551. The predicted molar refractivity (Wildman–Crippen MR) is 83.3 cm³/mol. The number of thioether (sulfide) groups is 1. The molecule has 4 N–H and O–H groups in total. The summed E-state index contributed by atoms with van der Waals surface area (Å²) >= 11 is 1.38. The summed E-state index contributed by atoms with van der Waals surface area (Å²) in [6, 6.07) is 5.11. The largest absolute Gasteiger partial charge is 0.480 e. The van der Waals surface area contributed by atoms with Gasteiger partial charge in [0.25, 0.3) is 5.69 Å². The molecule has 1 aromatic rings. The molecule has 1 atom stereocenters. The molecule has 0 spiro atoms. The zero-order valence-corrected chi connectivity index (χ0v) is 13.0. The van der Waals surface area contributed by atoms with E-state index in [-0.39, 0.29) is 25.4 Å². The van der Waals surface area contributed by atoms with Crippen LogP contribution in [0.25, 0.3) is 0 Å². The normalized spacial score (nSPS) is 11.7. The van der Waals surface area contributed by atoms with E-state index < -0.39 is 22.9 Å². The minimum absolute atomic E-state index is 0.0145. The summed E-state index contributed by atoms with van der Waals surface area (Å²) in [7, 11) is 0. The summed E-state index contributed by atoms with van der Waals surface area (Å²) in [5, 5.41) is 21.5. The number of non-ortho nitro benzene ring substituents is 1. The second-order valence-corrected chi connectivity index (χ2v) is 5.57. The van der Waals surface area contributed by atoms with Crippen LogP contribution in [0.5, 0.6) is 0 Å². The van der Waals surface area contributed by atoms with Crippen molar-refractivity contribution in [1.82, 2.24) is 5.32 Å². The van der Waals surface area contributed by atoms with Gasteiger partial charge in [-0.1, -0.05) is 0 Å². The van der Waals surface area contributed by atoms with E-state index in [9.17, 15) is 19.7 Å². The number of nitro groups is 1. The van der Waals surface area contributed by atoms with Crippen LogP contribution in [0.15, 0.2) is 29.2 Å². The van der Waals surface area contributed by atoms with E-state index in [1.165, 1.54) is 23.9 Å². The quantitative estimate of drug-likeness (QED) is 0.179. The van der Waals surface area contributed by atoms with Crippen LogP contribution in [0.3, 0.4) is 0 Å².